The zero-order chi connectivity index (χ0) is 8.55. The van der Waals surface area contributed by atoms with Crippen molar-refractivity contribution < 1.29 is 0 Å². The highest BCUT2D eigenvalue weighted by molar-refractivity contribution is 5.00. The summed E-state index contributed by atoms with van der Waals surface area (Å²) in [7, 11) is 4.51. The zero-order valence-electron chi connectivity index (χ0n) is 8.16. The van der Waals surface area contributed by atoms with Crippen LogP contribution in [-0.4, -0.2) is 49.1 Å². The van der Waals surface area contributed by atoms with Gasteiger partial charge in [0, 0.05) is 12.1 Å². The quantitative estimate of drug-likeness (QED) is 0.574. The molecule has 2 fully saturated rings. The lowest BCUT2D eigenvalue weighted by Crippen LogP contribution is -2.43. The molecule has 2 heterocycles. The van der Waals surface area contributed by atoms with Crippen LogP contribution >= 0.6 is 0 Å². The van der Waals surface area contributed by atoms with E-state index in [0.717, 1.165) is 12.1 Å². The first-order valence-electron chi connectivity index (χ1n) is 5.03. The summed E-state index contributed by atoms with van der Waals surface area (Å²) in [5, 5.41) is 0. The summed E-state index contributed by atoms with van der Waals surface area (Å²) in [6.45, 7) is 2.55. The van der Waals surface area contributed by atoms with Crippen LogP contribution in [0.5, 0.6) is 0 Å². The first kappa shape index (κ1) is 8.52. The van der Waals surface area contributed by atoms with Gasteiger partial charge in [-0.25, -0.2) is 0 Å². The number of hydrogen-bond donors (Lipinski definition) is 0. The lowest BCUT2D eigenvalue weighted by molar-refractivity contribution is 0.192. The Bertz CT molecular complexity index is 140. The fraction of sp³-hybridized carbons (Fsp3) is 0.900. The summed E-state index contributed by atoms with van der Waals surface area (Å²) in [6.07, 6.45) is 6.55. The number of likely N-dealkylation sites (tertiary alicyclic amines) is 2. The molecule has 0 aliphatic carbocycles. The minimum atomic E-state index is 0.734. The van der Waals surface area contributed by atoms with Gasteiger partial charge in [0.2, 0.25) is 0 Å². The highest BCUT2D eigenvalue weighted by Gasteiger charge is 2.34. The van der Waals surface area contributed by atoms with Gasteiger partial charge in [-0.1, -0.05) is 0 Å². The Morgan fingerprint density at radius 3 is 2.50 bits per heavy atom. The molecule has 0 N–H and O–H groups in total. The third-order valence-electron chi connectivity index (χ3n) is 3.37. The van der Waals surface area contributed by atoms with Crippen LogP contribution in [0.1, 0.15) is 19.3 Å². The van der Waals surface area contributed by atoms with E-state index >= 15 is 0 Å². The van der Waals surface area contributed by atoms with Crippen molar-refractivity contribution in [2.75, 3.05) is 27.2 Å². The van der Waals surface area contributed by atoms with Gasteiger partial charge in [0.25, 0.3) is 0 Å². The van der Waals surface area contributed by atoms with Gasteiger partial charge in [0.15, 0.2) is 0 Å². The maximum Gasteiger partial charge on any atom is 0.0280 e. The van der Waals surface area contributed by atoms with Gasteiger partial charge in [-0.15, -0.1) is 0 Å². The van der Waals surface area contributed by atoms with E-state index in [1.807, 2.05) is 0 Å². The molecule has 0 bridgehead atoms. The van der Waals surface area contributed by atoms with Gasteiger partial charge >= 0.3 is 0 Å². The topological polar surface area (TPSA) is 6.48 Å². The smallest absolute Gasteiger partial charge is 0.0280 e. The summed E-state index contributed by atoms with van der Waals surface area (Å²) in [4.78, 5) is 5.01. The molecule has 2 saturated heterocycles. The van der Waals surface area contributed by atoms with Crippen molar-refractivity contribution in [3.63, 3.8) is 0 Å². The molecule has 2 aliphatic rings. The van der Waals surface area contributed by atoms with Crippen molar-refractivity contribution in [1.82, 2.24) is 9.80 Å². The van der Waals surface area contributed by atoms with E-state index in [4.69, 9.17) is 0 Å². The number of likely N-dealkylation sites (N-methyl/N-ethyl adjacent to an activating group) is 2. The Balaban J connectivity index is 1.98. The van der Waals surface area contributed by atoms with Crippen LogP contribution in [0.25, 0.3) is 0 Å². The average molecular weight is 167 g/mol. The standard InChI is InChI=1S/C10H19N2/c1-11-7-3-5-9(11)10-6-4-8-12(10)2/h5,9-10H,3-4,6-8H2,1-2H3. The maximum absolute atomic E-state index is 2.52. The molecule has 2 aliphatic heterocycles. The molecule has 12 heavy (non-hydrogen) atoms. The molecule has 2 heteroatoms. The van der Waals surface area contributed by atoms with Crippen LogP contribution in [0.2, 0.25) is 0 Å². The minimum absolute atomic E-state index is 0.734. The molecule has 0 aromatic carbocycles. The largest absolute Gasteiger partial charge is 0.302 e. The van der Waals surface area contributed by atoms with Gasteiger partial charge in [-0.3, -0.25) is 0 Å². The molecule has 69 valence electrons. The van der Waals surface area contributed by atoms with Gasteiger partial charge in [0.05, 0.1) is 0 Å². The Labute approximate surface area is 75.5 Å². The Hall–Kier alpha value is -0.0800. The molecule has 0 saturated carbocycles. The Morgan fingerprint density at radius 1 is 1.17 bits per heavy atom. The highest BCUT2D eigenvalue weighted by atomic mass is 15.2. The number of hydrogen-bond acceptors (Lipinski definition) is 2. The van der Waals surface area contributed by atoms with Crippen LogP contribution < -0.4 is 0 Å². The highest BCUT2D eigenvalue weighted by Crippen LogP contribution is 2.26. The summed E-state index contributed by atoms with van der Waals surface area (Å²) in [5.41, 5.74) is 0. The summed E-state index contributed by atoms with van der Waals surface area (Å²) < 4.78 is 0. The minimum Gasteiger partial charge on any atom is -0.302 e. The van der Waals surface area contributed by atoms with Crippen molar-refractivity contribution in [3.05, 3.63) is 6.42 Å². The average Bonchev–Trinajstić information content (AvgIpc) is 2.59. The Morgan fingerprint density at radius 2 is 2.00 bits per heavy atom. The van der Waals surface area contributed by atoms with Gasteiger partial charge in [-0.2, -0.15) is 0 Å². The third-order valence-corrected chi connectivity index (χ3v) is 3.37. The molecule has 0 aromatic rings. The maximum atomic E-state index is 2.52. The third kappa shape index (κ3) is 1.38. The lowest BCUT2D eigenvalue weighted by Gasteiger charge is -2.30. The molecule has 2 unspecified atom stereocenters. The molecule has 2 atom stereocenters. The second kappa shape index (κ2) is 3.35. The second-order valence-corrected chi connectivity index (χ2v) is 4.19. The van der Waals surface area contributed by atoms with Crippen molar-refractivity contribution in [3.8, 4) is 0 Å². The zero-order valence-corrected chi connectivity index (χ0v) is 8.16. The molecule has 0 amide bonds. The monoisotopic (exact) mass is 167 g/mol. The Kier molecular flexibility index (Phi) is 2.37. The predicted octanol–water partition coefficient (Wildman–Crippen LogP) is 0.989. The van der Waals surface area contributed by atoms with Crippen molar-refractivity contribution >= 4 is 0 Å². The van der Waals surface area contributed by atoms with Crippen LogP contribution in [-0.2, 0) is 0 Å². The lowest BCUT2D eigenvalue weighted by atomic mass is 10.0. The molecule has 1 radical (unpaired) electrons. The molecule has 0 spiro atoms. The van der Waals surface area contributed by atoms with Gasteiger partial charge < -0.3 is 9.80 Å². The van der Waals surface area contributed by atoms with Crippen LogP contribution in [0.4, 0.5) is 0 Å². The SMILES string of the molecule is CN1CC[CH]C1C1CCCN1C. The normalized spacial score (nSPS) is 39.5. The number of rotatable bonds is 1. The first-order chi connectivity index (χ1) is 5.79. The van der Waals surface area contributed by atoms with E-state index in [1.165, 1.54) is 32.4 Å². The van der Waals surface area contributed by atoms with Gasteiger partial charge in [-0.05, 0) is 52.9 Å². The fourth-order valence-electron chi connectivity index (χ4n) is 2.60. The molecule has 2 nitrogen and oxygen atoms in total. The molecule has 0 aromatic heterocycles. The summed E-state index contributed by atoms with van der Waals surface area (Å²) in [5.74, 6) is 0. The van der Waals surface area contributed by atoms with E-state index in [0.29, 0.717) is 0 Å². The van der Waals surface area contributed by atoms with Crippen LogP contribution in [0, 0.1) is 6.42 Å². The second-order valence-electron chi connectivity index (χ2n) is 4.19. The van der Waals surface area contributed by atoms with E-state index in [-0.39, 0.29) is 0 Å². The van der Waals surface area contributed by atoms with Crippen LogP contribution in [0.3, 0.4) is 0 Å². The first-order valence-corrected chi connectivity index (χ1v) is 5.03. The molecular formula is C10H19N2. The van der Waals surface area contributed by atoms with E-state index < -0.39 is 0 Å². The van der Waals surface area contributed by atoms with E-state index in [2.05, 4.69) is 30.3 Å². The summed E-state index contributed by atoms with van der Waals surface area (Å²) in [6, 6.07) is 1.54. The van der Waals surface area contributed by atoms with E-state index in [1.54, 1.807) is 0 Å². The van der Waals surface area contributed by atoms with E-state index in [9.17, 15) is 0 Å². The van der Waals surface area contributed by atoms with Crippen molar-refractivity contribution in [1.29, 1.82) is 0 Å². The predicted molar refractivity (Wildman–Crippen MR) is 51.0 cm³/mol. The number of nitrogens with zero attached hydrogens (tertiary/aromatic N) is 2. The van der Waals surface area contributed by atoms with Gasteiger partial charge in [0.1, 0.15) is 0 Å². The fourth-order valence-corrected chi connectivity index (χ4v) is 2.60. The summed E-state index contributed by atoms with van der Waals surface area (Å²) >= 11 is 0. The molecule has 2 rings (SSSR count). The van der Waals surface area contributed by atoms with Crippen LogP contribution in [0.15, 0.2) is 0 Å². The molecular weight excluding hydrogens is 148 g/mol. The van der Waals surface area contributed by atoms with Crippen molar-refractivity contribution in [2.24, 2.45) is 0 Å². The van der Waals surface area contributed by atoms with Crippen molar-refractivity contribution in [2.45, 2.75) is 31.3 Å².